The van der Waals surface area contributed by atoms with Crippen molar-refractivity contribution >= 4 is 45.5 Å². The minimum Gasteiger partial charge on any atom is -0.330 e. The zero-order chi connectivity index (χ0) is 17.6. The molecule has 0 saturated heterocycles. The van der Waals surface area contributed by atoms with Gasteiger partial charge in [-0.15, -0.1) is 10.2 Å². The lowest BCUT2D eigenvalue weighted by Crippen LogP contribution is -2.14. The van der Waals surface area contributed by atoms with Crippen LogP contribution in [0.4, 0.5) is 16.5 Å². The summed E-state index contributed by atoms with van der Waals surface area (Å²) in [6, 6.07) is 15.8. The summed E-state index contributed by atoms with van der Waals surface area (Å²) >= 11 is 2.81. The van der Waals surface area contributed by atoms with E-state index in [9.17, 15) is 4.79 Å². The average molecular weight is 371 g/mol. The number of carbonyl (C=O) groups excluding carboxylic acids is 1. The number of carbonyl (C=O) groups is 1. The number of nitrogens with zero attached hydrogens (tertiary/aromatic N) is 2. The van der Waals surface area contributed by atoms with Crippen molar-refractivity contribution in [1.29, 1.82) is 0 Å². The van der Waals surface area contributed by atoms with Crippen molar-refractivity contribution in [2.45, 2.75) is 18.2 Å². The smallest absolute Gasteiger partial charge is 0.234 e. The molecule has 0 aliphatic carbocycles. The van der Waals surface area contributed by atoms with E-state index in [1.165, 1.54) is 23.1 Å². The molecule has 1 aromatic heterocycles. The molecule has 0 unspecified atom stereocenters. The molecule has 0 saturated carbocycles. The zero-order valence-electron chi connectivity index (χ0n) is 13.9. The summed E-state index contributed by atoms with van der Waals surface area (Å²) in [4.78, 5) is 12.2. The maximum absolute atomic E-state index is 12.2. The number of rotatable bonds is 6. The first-order valence-corrected chi connectivity index (χ1v) is 9.56. The van der Waals surface area contributed by atoms with E-state index < -0.39 is 0 Å². The van der Waals surface area contributed by atoms with Crippen LogP contribution in [-0.2, 0) is 4.79 Å². The van der Waals surface area contributed by atoms with Gasteiger partial charge in [0.2, 0.25) is 11.0 Å². The Kier molecular flexibility index (Phi) is 5.67. The van der Waals surface area contributed by atoms with Crippen LogP contribution in [0.25, 0.3) is 0 Å². The predicted molar refractivity (Wildman–Crippen MR) is 105 cm³/mol. The number of aromatic nitrogens is 2. The summed E-state index contributed by atoms with van der Waals surface area (Å²) < 4.78 is 0.759. The summed E-state index contributed by atoms with van der Waals surface area (Å²) in [6.45, 7) is 3.99. The number of anilines is 3. The Hall–Kier alpha value is -2.38. The Labute approximate surface area is 154 Å². The third-order valence-corrected chi connectivity index (χ3v) is 5.40. The van der Waals surface area contributed by atoms with Crippen LogP contribution >= 0.6 is 23.1 Å². The van der Waals surface area contributed by atoms with E-state index in [2.05, 4.69) is 20.8 Å². The Bertz CT molecular complexity index is 865. The first-order chi connectivity index (χ1) is 12.1. The lowest BCUT2D eigenvalue weighted by Gasteiger charge is -2.08. The molecule has 2 N–H and O–H groups in total. The highest BCUT2D eigenvalue weighted by atomic mass is 32.2. The SMILES string of the molecule is Cc1ccc(C)c(NC(=O)CSc2nnc(Nc3ccccc3)s2)c1. The number of para-hydroxylation sites is 1. The van der Waals surface area contributed by atoms with E-state index >= 15 is 0 Å². The van der Waals surface area contributed by atoms with Crippen LogP contribution < -0.4 is 10.6 Å². The molecular weight excluding hydrogens is 352 g/mol. The van der Waals surface area contributed by atoms with Crippen LogP contribution in [0.2, 0.25) is 0 Å². The molecule has 0 aliphatic heterocycles. The molecule has 2 aromatic carbocycles. The van der Waals surface area contributed by atoms with Crippen molar-refractivity contribution in [3.8, 4) is 0 Å². The molecule has 0 aliphatic rings. The van der Waals surface area contributed by atoms with Gasteiger partial charge in [0, 0.05) is 11.4 Å². The van der Waals surface area contributed by atoms with Gasteiger partial charge in [-0.25, -0.2) is 0 Å². The second-order valence-corrected chi connectivity index (χ2v) is 7.72. The number of thioether (sulfide) groups is 1. The van der Waals surface area contributed by atoms with Gasteiger partial charge < -0.3 is 10.6 Å². The van der Waals surface area contributed by atoms with Crippen LogP contribution in [0.5, 0.6) is 0 Å². The van der Waals surface area contributed by atoms with Crippen LogP contribution in [0.1, 0.15) is 11.1 Å². The number of benzene rings is 2. The predicted octanol–water partition coefficient (Wildman–Crippen LogP) is 4.63. The molecule has 3 rings (SSSR count). The summed E-state index contributed by atoms with van der Waals surface area (Å²) in [5, 5.41) is 15.1. The Morgan fingerprint density at radius 2 is 1.92 bits per heavy atom. The zero-order valence-corrected chi connectivity index (χ0v) is 15.6. The maximum Gasteiger partial charge on any atom is 0.234 e. The van der Waals surface area contributed by atoms with Crippen molar-refractivity contribution in [3.63, 3.8) is 0 Å². The Morgan fingerprint density at radius 3 is 2.72 bits per heavy atom. The van der Waals surface area contributed by atoms with E-state index in [4.69, 9.17) is 0 Å². The molecule has 1 heterocycles. The van der Waals surface area contributed by atoms with E-state index in [0.29, 0.717) is 10.9 Å². The van der Waals surface area contributed by atoms with Crippen molar-refractivity contribution in [1.82, 2.24) is 10.2 Å². The number of aryl methyl sites for hydroxylation is 2. The molecular formula is C18H18N4OS2. The molecule has 0 bridgehead atoms. The summed E-state index contributed by atoms with van der Waals surface area (Å²) in [6.07, 6.45) is 0. The second-order valence-electron chi connectivity index (χ2n) is 5.52. The third kappa shape index (κ3) is 5.04. The topological polar surface area (TPSA) is 66.9 Å². The van der Waals surface area contributed by atoms with Crippen molar-refractivity contribution < 1.29 is 4.79 Å². The number of hydrogen-bond donors (Lipinski definition) is 2. The Morgan fingerprint density at radius 1 is 1.12 bits per heavy atom. The highest BCUT2D eigenvalue weighted by Gasteiger charge is 2.10. The lowest BCUT2D eigenvalue weighted by molar-refractivity contribution is -0.113. The quantitative estimate of drug-likeness (QED) is 0.619. The molecule has 3 aromatic rings. The highest BCUT2D eigenvalue weighted by Crippen LogP contribution is 2.27. The molecule has 1 amide bonds. The van der Waals surface area contributed by atoms with Crippen LogP contribution in [0.15, 0.2) is 52.9 Å². The monoisotopic (exact) mass is 370 g/mol. The largest absolute Gasteiger partial charge is 0.330 e. The van der Waals surface area contributed by atoms with E-state index in [0.717, 1.165) is 26.8 Å². The highest BCUT2D eigenvalue weighted by molar-refractivity contribution is 8.01. The van der Waals surface area contributed by atoms with Gasteiger partial charge in [0.1, 0.15) is 0 Å². The molecule has 5 nitrogen and oxygen atoms in total. The van der Waals surface area contributed by atoms with E-state index in [1.807, 2.05) is 62.4 Å². The Balaban J connectivity index is 1.53. The second kappa shape index (κ2) is 8.13. The van der Waals surface area contributed by atoms with Gasteiger partial charge in [0.25, 0.3) is 0 Å². The van der Waals surface area contributed by atoms with Gasteiger partial charge in [0.05, 0.1) is 5.75 Å². The fraction of sp³-hybridized carbons (Fsp3) is 0.167. The van der Waals surface area contributed by atoms with Gasteiger partial charge in [0.15, 0.2) is 4.34 Å². The number of nitrogens with one attached hydrogen (secondary N) is 2. The molecule has 0 fully saturated rings. The normalized spacial score (nSPS) is 10.5. The molecule has 0 spiro atoms. The molecule has 128 valence electrons. The van der Waals surface area contributed by atoms with Crippen molar-refractivity contribution in [2.24, 2.45) is 0 Å². The first kappa shape index (κ1) is 17.4. The molecule has 7 heteroatoms. The molecule has 25 heavy (non-hydrogen) atoms. The summed E-state index contributed by atoms with van der Waals surface area (Å²) in [7, 11) is 0. The summed E-state index contributed by atoms with van der Waals surface area (Å²) in [5.74, 6) is 0.249. The number of hydrogen-bond acceptors (Lipinski definition) is 6. The standard InChI is InChI=1S/C18H18N4OS2/c1-12-8-9-13(2)15(10-12)20-16(23)11-24-18-22-21-17(25-18)19-14-6-4-3-5-7-14/h3-10H,11H2,1-2H3,(H,19,21)(H,20,23). The fourth-order valence-corrected chi connectivity index (χ4v) is 3.72. The minimum atomic E-state index is -0.0496. The van der Waals surface area contributed by atoms with Gasteiger partial charge >= 0.3 is 0 Å². The van der Waals surface area contributed by atoms with Crippen LogP contribution in [0.3, 0.4) is 0 Å². The molecule has 0 radical (unpaired) electrons. The minimum absolute atomic E-state index is 0.0496. The lowest BCUT2D eigenvalue weighted by atomic mass is 10.1. The third-order valence-electron chi connectivity index (χ3n) is 3.43. The summed E-state index contributed by atoms with van der Waals surface area (Å²) in [5.41, 5.74) is 3.99. The van der Waals surface area contributed by atoms with Gasteiger partial charge in [-0.05, 0) is 43.2 Å². The fourth-order valence-electron chi connectivity index (χ4n) is 2.15. The van der Waals surface area contributed by atoms with Crippen LogP contribution in [0, 0.1) is 13.8 Å². The maximum atomic E-state index is 12.2. The first-order valence-electron chi connectivity index (χ1n) is 7.75. The van der Waals surface area contributed by atoms with E-state index in [1.54, 1.807) is 0 Å². The number of amides is 1. The van der Waals surface area contributed by atoms with E-state index in [-0.39, 0.29) is 5.91 Å². The molecule has 0 atom stereocenters. The van der Waals surface area contributed by atoms with Crippen LogP contribution in [-0.4, -0.2) is 21.9 Å². The van der Waals surface area contributed by atoms with Gasteiger partial charge in [-0.1, -0.05) is 53.4 Å². The van der Waals surface area contributed by atoms with Crippen molar-refractivity contribution in [3.05, 3.63) is 59.7 Å². The van der Waals surface area contributed by atoms with Gasteiger partial charge in [-0.3, -0.25) is 4.79 Å². The van der Waals surface area contributed by atoms with Crippen molar-refractivity contribution in [2.75, 3.05) is 16.4 Å². The average Bonchev–Trinajstić information content (AvgIpc) is 3.05. The van der Waals surface area contributed by atoms with Gasteiger partial charge in [-0.2, -0.15) is 0 Å².